The Morgan fingerprint density at radius 3 is 1.23 bits per heavy atom. The number of aryl methyl sites for hydroxylation is 2. The average molecular weight is 1130 g/mol. The Morgan fingerprint density at radius 1 is 0.609 bits per heavy atom. The van der Waals surface area contributed by atoms with Crippen molar-refractivity contribution in [3.8, 4) is 0 Å². The smallest absolute Gasteiger partial charge is 0.258 e. The van der Waals surface area contributed by atoms with Crippen molar-refractivity contribution in [1.82, 2.24) is 29.4 Å². The second-order valence-electron chi connectivity index (χ2n) is 18.3. The zero-order valence-electron chi connectivity index (χ0n) is 44.9. The summed E-state index contributed by atoms with van der Waals surface area (Å²) in [5, 5.41) is 9.34. The predicted molar refractivity (Wildman–Crippen MR) is 304 cm³/mol. The van der Waals surface area contributed by atoms with Gasteiger partial charge in [0.2, 0.25) is 0 Å². The van der Waals surface area contributed by atoms with E-state index in [-0.39, 0.29) is 70.7 Å². The molecule has 6 rings (SSSR count). The number of amides is 1. The third kappa shape index (κ3) is 13.9. The average Bonchev–Trinajstić information content (AvgIpc) is 4.17. The molecule has 2 fully saturated rings. The molecule has 2 aliphatic rings. The van der Waals surface area contributed by atoms with Gasteiger partial charge in [0, 0.05) is 39.6 Å². The van der Waals surface area contributed by atoms with Gasteiger partial charge >= 0.3 is 0 Å². The third-order valence-corrected chi connectivity index (χ3v) is 13.5. The number of aromatic nitrogens is 4. The molecule has 1 amide bonds. The van der Waals surface area contributed by atoms with E-state index in [1.165, 1.54) is 47.9 Å². The Bertz CT molecular complexity index is 1910. The quantitative estimate of drug-likeness (QED) is 0.117. The van der Waals surface area contributed by atoms with Crippen molar-refractivity contribution in [1.29, 1.82) is 0 Å². The van der Waals surface area contributed by atoms with Crippen LogP contribution in [0.2, 0.25) is 0 Å². The molecule has 7 nitrogen and oxygen atoms in total. The van der Waals surface area contributed by atoms with Gasteiger partial charge in [-0.15, -0.1) is 48.0 Å². The van der Waals surface area contributed by atoms with Crippen LogP contribution in [0.1, 0.15) is 223 Å². The monoisotopic (exact) mass is 1130 g/mol. The van der Waals surface area contributed by atoms with Gasteiger partial charge in [0.25, 0.3) is 5.91 Å². The molecule has 10 heteroatoms. The normalized spacial score (nSPS) is 13.8. The van der Waals surface area contributed by atoms with Gasteiger partial charge in [0.05, 0.1) is 33.6 Å². The highest BCUT2D eigenvalue weighted by Gasteiger charge is 2.45. The summed E-state index contributed by atoms with van der Waals surface area (Å²) in [4.78, 5) is 18.6. The summed E-state index contributed by atoms with van der Waals surface area (Å²) < 4.78 is 3.78. The van der Waals surface area contributed by atoms with Gasteiger partial charge in [-0.05, 0) is 112 Å². The first-order chi connectivity index (χ1) is 29.0. The first-order valence-corrected chi connectivity index (χ1v) is 24.2. The number of hydrogen-bond acceptors (Lipinski definition) is 4. The fourth-order valence-corrected chi connectivity index (χ4v) is 8.29. The molecule has 0 unspecified atom stereocenters. The van der Waals surface area contributed by atoms with Gasteiger partial charge in [-0.3, -0.25) is 14.2 Å². The van der Waals surface area contributed by atoms with Crippen LogP contribution in [-0.2, 0) is 36.0 Å². The molecule has 2 aromatic carbocycles. The molecule has 2 aromatic heterocycles. The molecule has 4 aromatic rings. The number of benzene rings is 2. The summed E-state index contributed by atoms with van der Waals surface area (Å²) >= 11 is 6.02. The maximum absolute atomic E-state index is 13.6. The van der Waals surface area contributed by atoms with E-state index in [2.05, 4.69) is 142 Å². The highest BCUT2D eigenvalue weighted by Crippen LogP contribution is 2.52. The molecular weight excluding hydrogens is 1030 g/mol. The minimum absolute atomic E-state index is 0. The Morgan fingerprint density at radius 2 is 0.906 bits per heavy atom. The zero-order valence-corrected chi connectivity index (χ0v) is 50.4. The van der Waals surface area contributed by atoms with Gasteiger partial charge in [-0.1, -0.05) is 158 Å². The highest BCUT2D eigenvalue weighted by atomic mass is 127. The van der Waals surface area contributed by atoms with Crippen LogP contribution in [0.25, 0.3) is 0 Å². The molecular formula is C54H92I2N6OS. The van der Waals surface area contributed by atoms with Crippen molar-refractivity contribution in [3.05, 3.63) is 105 Å². The van der Waals surface area contributed by atoms with Crippen LogP contribution in [-0.4, -0.2) is 54.4 Å². The molecule has 364 valence electrons. The van der Waals surface area contributed by atoms with E-state index in [9.17, 15) is 4.79 Å². The molecule has 2 saturated carbocycles. The molecule has 0 atom stereocenters. The second kappa shape index (κ2) is 26.9. The maximum atomic E-state index is 13.6. The van der Waals surface area contributed by atoms with E-state index in [4.69, 9.17) is 17.3 Å². The summed E-state index contributed by atoms with van der Waals surface area (Å²) in [6.07, 6.45) is 4.98. The minimum Gasteiger partial charge on any atom is -0.356 e. The lowest BCUT2D eigenvalue weighted by molar-refractivity contribution is 0.0617. The van der Waals surface area contributed by atoms with E-state index in [0.29, 0.717) is 11.3 Å². The standard InChI is InChI=1S/C23H33N3O.C23H33N3S.4C2H6.2HI/c2*1-15(2)20-19(16(3)26(8)24-20)21(27)25(7)22(4,5)17-11-9-10-12-18(17)23(6)13-14-23;4*1-2;;/h2*9-12,15H,13-14H2,1-8H3;4*1-2H3;2*1H. The number of hydrogen-bond donors (Lipinski definition) is 0. The Labute approximate surface area is 432 Å². The van der Waals surface area contributed by atoms with Crippen molar-refractivity contribution in [2.45, 2.75) is 198 Å². The molecule has 0 aliphatic heterocycles. The largest absolute Gasteiger partial charge is 0.356 e. The lowest BCUT2D eigenvalue weighted by Gasteiger charge is -2.40. The van der Waals surface area contributed by atoms with E-state index in [0.717, 1.165) is 38.9 Å². The third-order valence-electron chi connectivity index (χ3n) is 13.0. The summed E-state index contributed by atoms with van der Waals surface area (Å²) in [5.41, 5.74) is 11.3. The lowest BCUT2D eigenvalue weighted by Crippen LogP contribution is -2.44. The van der Waals surface area contributed by atoms with Crippen LogP contribution < -0.4 is 0 Å². The Hall–Kier alpha value is -2.32. The first-order valence-electron chi connectivity index (χ1n) is 23.8. The molecule has 0 spiro atoms. The number of rotatable bonds is 10. The number of carbonyl (C=O) groups is 1. The number of thiocarbonyl (C=S) groups is 1. The van der Waals surface area contributed by atoms with E-state index in [1.807, 2.05) is 97.7 Å². The SMILES string of the molecule is CC.CC.CC.CC.Cc1c(C(=O)N(C)C(C)(C)c2ccccc2C2(C)CC2)c(C(C)C)nn1C.Cc1c(C(=S)N(C)C(C)(C)c2ccccc2C2(C)CC2)c(C(C)C)nn1C.I.I. The topological polar surface area (TPSA) is 59.2 Å². The Balaban J connectivity index is 0. The molecule has 0 bridgehead atoms. The molecule has 0 saturated heterocycles. The fourth-order valence-electron chi connectivity index (χ4n) is 7.81. The van der Waals surface area contributed by atoms with E-state index >= 15 is 0 Å². The van der Waals surface area contributed by atoms with Crippen LogP contribution in [0, 0.1) is 13.8 Å². The molecule has 0 N–H and O–H groups in total. The first kappa shape index (κ1) is 63.8. The van der Waals surface area contributed by atoms with Gasteiger partial charge in [0.15, 0.2) is 0 Å². The van der Waals surface area contributed by atoms with Crippen molar-refractivity contribution < 1.29 is 4.79 Å². The van der Waals surface area contributed by atoms with Crippen LogP contribution >= 0.6 is 60.2 Å². The number of carbonyl (C=O) groups excluding carboxylic acids is 1. The molecule has 2 heterocycles. The van der Waals surface area contributed by atoms with Gasteiger partial charge < -0.3 is 9.80 Å². The Kier molecular flexibility index (Phi) is 26.8. The highest BCUT2D eigenvalue weighted by molar-refractivity contribution is 14.0. The van der Waals surface area contributed by atoms with Crippen molar-refractivity contribution in [2.24, 2.45) is 14.1 Å². The summed E-state index contributed by atoms with van der Waals surface area (Å²) in [6.45, 7) is 42.2. The van der Waals surface area contributed by atoms with Crippen LogP contribution in [0.15, 0.2) is 48.5 Å². The van der Waals surface area contributed by atoms with Crippen molar-refractivity contribution >= 4 is 71.1 Å². The second-order valence-corrected chi connectivity index (χ2v) is 18.7. The maximum Gasteiger partial charge on any atom is 0.258 e. The van der Waals surface area contributed by atoms with Crippen LogP contribution in [0.5, 0.6) is 0 Å². The lowest BCUT2D eigenvalue weighted by atomic mass is 9.82. The zero-order chi connectivity index (χ0) is 48.3. The number of halogens is 2. The molecule has 0 radical (unpaired) electrons. The summed E-state index contributed by atoms with van der Waals surface area (Å²) in [7, 11) is 7.96. The van der Waals surface area contributed by atoms with E-state index in [1.54, 1.807) is 0 Å². The molecule has 2 aliphatic carbocycles. The minimum atomic E-state index is -0.407. The van der Waals surface area contributed by atoms with E-state index < -0.39 is 5.54 Å². The van der Waals surface area contributed by atoms with Crippen molar-refractivity contribution in [2.75, 3.05) is 14.1 Å². The van der Waals surface area contributed by atoms with Gasteiger partial charge in [-0.25, -0.2) is 0 Å². The van der Waals surface area contributed by atoms with Crippen molar-refractivity contribution in [3.63, 3.8) is 0 Å². The molecule has 64 heavy (non-hydrogen) atoms. The fraction of sp³-hybridized carbons (Fsp3) is 0.630. The number of nitrogens with zero attached hydrogens (tertiary/aromatic N) is 6. The van der Waals surface area contributed by atoms with Gasteiger partial charge in [-0.2, -0.15) is 10.2 Å². The predicted octanol–water partition coefficient (Wildman–Crippen LogP) is 15.7. The van der Waals surface area contributed by atoms with Gasteiger partial charge in [0.1, 0.15) is 4.99 Å². The van der Waals surface area contributed by atoms with Crippen LogP contribution in [0.3, 0.4) is 0 Å². The summed E-state index contributed by atoms with van der Waals surface area (Å²) in [5.74, 6) is 0.593. The van der Waals surface area contributed by atoms with Crippen LogP contribution in [0.4, 0.5) is 0 Å². The summed E-state index contributed by atoms with van der Waals surface area (Å²) in [6, 6.07) is 17.5.